The van der Waals surface area contributed by atoms with Crippen LogP contribution in [0.2, 0.25) is 0 Å². The molecule has 35 heavy (non-hydrogen) atoms. The summed E-state index contributed by atoms with van der Waals surface area (Å²) in [5, 5.41) is 12.7. The monoisotopic (exact) mass is 484 g/mol. The highest BCUT2D eigenvalue weighted by molar-refractivity contribution is 5.81. The lowest BCUT2D eigenvalue weighted by molar-refractivity contribution is -0.123. The van der Waals surface area contributed by atoms with Crippen molar-refractivity contribution in [2.24, 2.45) is 17.6 Å². The zero-order chi connectivity index (χ0) is 25.4. The molecule has 8 heteroatoms. The van der Waals surface area contributed by atoms with Crippen LogP contribution in [0.4, 0.5) is 4.39 Å². The van der Waals surface area contributed by atoms with Crippen molar-refractivity contribution in [3.05, 3.63) is 65.0 Å². The molecule has 1 amide bonds. The van der Waals surface area contributed by atoms with E-state index >= 15 is 0 Å². The molecular weight excluding hydrogens is 443 g/mol. The first-order valence-electron chi connectivity index (χ1n) is 12.6. The lowest BCUT2D eigenvalue weighted by atomic mass is 10.0. The number of hydrogen-bond acceptors (Lipinski definition) is 6. The number of nitrogens with one attached hydrogen (secondary N) is 4. The third-order valence-electron chi connectivity index (χ3n) is 7.04. The minimum atomic E-state index is -0.394. The van der Waals surface area contributed by atoms with E-state index in [1.54, 1.807) is 0 Å². The van der Waals surface area contributed by atoms with Gasteiger partial charge in [0.15, 0.2) is 0 Å². The number of amides is 1. The zero-order valence-corrected chi connectivity index (χ0v) is 21.5. The van der Waals surface area contributed by atoms with Gasteiger partial charge in [0.05, 0.1) is 17.8 Å². The Labute approximate surface area is 209 Å². The molecule has 1 saturated carbocycles. The molecule has 6 N–H and O–H groups in total. The van der Waals surface area contributed by atoms with Crippen LogP contribution >= 0.6 is 0 Å². The molecule has 1 aliphatic heterocycles. The fraction of sp³-hybridized carbons (Fsp3) is 0.519. The number of carbonyl (C=O) groups excluding carboxylic acids is 1. The topological polar surface area (TPSA) is 94.4 Å². The number of nitrogens with two attached hydrogens (primary N) is 1. The van der Waals surface area contributed by atoms with Crippen molar-refractivity contribution in [1.29, 1.82) is 0 Å². The summed E-state index contributed by atoms with van der Waals surface area (Å²) in [6.45, 7) is 2.74. The molecule has 0 bridgehead atoms. The third-order valence-corrected chi connectivity index (χ3v) is 7.04. The highest BCUT2D eigenvalue weighted by atomic mass is 19.1. The molecule has 2 atom stereocenters. The van der Waals surface area contributed by atoms with Gasteiger partial charge in [-0.1, -0.05) is 25.7 Å². The molecule has 2 aliphatic rings. The van der Waals surface area contributed by atoms with Gasteiger partial charge in [-0.25, -0.2) is 4.39 Å². The Morgan fingerprint density at radius 3 is 2.69 bits per heavy atom. The van der Waals surface area contributed by atoms with Crippen molar-refractivity contribution in [3.63, 3.8) is 0 Å². The molecule has 1 aromatic rings. The first-order valence-corrected chi connectivity index (χ1v) is 12.6. The molecule has 1 heterocycles. The lowest BCUT2D eigenvalue weighted by Gasteiger charge is -2.26. The summed E-state index contributed by atoms with van der Waals surface area (Å²) in [6.07, 6.45) is 11.6. The molecule has 1 aromatic carbocycles. The number of halogens is 1. The Bertz CT molecular complexity index is 966. The smallest absolute Gasteiger partial charge is 0.229 e. The Morgan fingerprint density at radius 1 is 1.29 bits per heavy atom. The van der Waals surface area contributed by atoms with Crippen LogP contribution in [0.15, 0.2) is 48.1 Å². The first-order chi connectivity index (χ1) is 16.9. The van der Waals surface area contributed by atoms with Crippen LogP contribution in [0.25, 0.3) is 5.57 Å². The van der Waals surface area contributed by atoms with Crippen molar-refractivity contribution in [2.75, 3.05) is 27.7 Å². The van der Waals surface area contributed by atoms with E-state index in [1.807, 2.05) is 39.4 Å². The fourth-order valence-corrected chi connectivity index (χ4v) is 5.14. The largest absolute Gasteiger partial charge is 0.405 e. The summed E-state index contributed by atoms with van der Waals surface area (Å²) in [6, 6.07) is 4.88. The Hall–Kier alpha value is -3.00. The Kier molecular flexibility index (Phi) is 9.60. The molecule has 1 fully saturated rings. The maximum absolute atomic E-state index is 14.4. The molecule has 192 valence electrons. The number of benzene rings is 1. The van der Waals surface area contributed by atoms with Gasteiger partial charge in [-0.15, -0.1) is 0 Å². The summed E-state index contributed by atoms with van der Waals surface area (Å²) in [5.41, 5.74) is 9.98. The first kappa shape index (κ1) is 26.6. The van der Waals surface area contributed by atoms with E-state index in [0.29, 0.717) is 18.0 Å². The van der Waals surface area contributed by atoms with Crippen molar-refractivity contribution in [3.8, 4) is 0 Å². The van der Waals surface area contributed by atoms with Crippen LogP contribution in [0.1, 0.15) is 50.2 Å². The van der Waals surface area contributed by atoms with E-state index in [1.165, 1.54) is 44.0 Å². The molecule has 3 rings (SSSR count). The highest BCUT2D eigenvalue weighted by Gasteiger charge is 2.34. The molecule has 1 aliphatic carbocycles. The Morgan fingerprint density at radius 2 is 2.03 bits per heavy atom. The van der Waals surface area contributed by atoms with Gasteiger partial charge in [-0.2, -0.15) is 0 Å². The molecule has 7 nitrogen and oxygen atoms in total. The van der Waals surface area contributed by atoms with Gasteiger partial charge in [0, 0.05) is 39.1 Å². The summed E-state index contributed by atoms with van der Waals surface area (Å²) in [5.74, 6) is -0.120. The molecule has 0 spiro atoms. The minimum Gasteiger partial charge on any atom is -0.405 e. The average molecular weight is 485 g/mol. The van der Waals surface area contributed by atoms with E-state index in [9.17, 15) is 9.18 Å². The molecular formula is C27H41FN6O. The number of rotatable bonds is 11. The predicted molar refractivity (Wildman–Crippen MR) is 140 cm³/mol. The average Bonchev–Trinajstić information content (AvgIpc) is 3.46. The van der Waals surface area contributed by atoms with Crippen LogP contribution in [0.5, 0.6) is 0 Å². The quantitative estimate of drug-likeness (QED) is 0.332. The number of nitrogens with zero attached hydrogens (tertiary/aromatic N) is 1. The number of carbonyl (C=O) groups is 1. The van der Waals surface area contributed by atoms with Gasteiger partial charge in [-0.3, -0.25) is 4.79 Å². The second-order valence-corrected chi connectivity index (χ2v) is 9.59. The van der Waals surface area contributed by atoms with Gasteiger partial charge in [0.25, 0.3) is 0 Å². The molecule has 0 radical (unpaired) electrons. The molecule has 2 unspecified atom stereocenters. The summed E-state index contributed by atoms with van der Waals surface area (Å²) in [7, 11) is 5.71. The Balaban J connectivity index is 1.69. The van der Waals surface area contributed by atoms with Crippen LogP contribution in [-0.2, 0) is 11.3 Å². The summed E-state index contributed by atoms with van der Waals surface area (Å²) in [4.78, 5) is 15.3. The third kappa shape index (κ3) is 6.78. The summed E-state index contributed by atoms with van der Waals surface area (Å²) < 4.78 is 14.4. The van der Waals surface area contributed by atoms with Crippen molar-refractivity contribution in [1.82, 2.24) is 26.2 Å². The predicted octanol–water partition coefficient (Wildman–Crippen LogP) is 2.98. The van der Waals surface area contributed by atoms with Crippen LogP contribution in [0.3, 0.4) is 0 Å². The van der Waals surface area contributed by atoms with Gasteiger partial charge in [0.1, 0.15) is 5.82 Å². The summed E-state index contributed by atoms with van der Waals surface area (Å²) >= 11 is 0. The zero-order valence-electron chi connectivity index (χ0n) is 21.5. The van der Waals surface area contributed by atoms with Crippen molar-refractivity contribution >= 4 is 11.5 Å². The second kappa shape index (κ2) is 12.6. The maximum Gasteiger partial charge on any atom is 0.229 e. The van der Waals surface area contributed by atoms with Gasteiger partial charge >= 0.3 is 0 Å². The lowest BCUT2D eigenvalue weighted by Crippen LogP contribution is -2.38. The normalized spacial score (nSPS) is 20.0. The minimum absolute atomic E-state index is 0.114. The van der Waals surface area contributed by atoms with E-state index in [-0.39, 0.29) is 24.4 Å². The number of hydrogen-bond donors (Lipinski definition) is 5. The van der Waals surface area contributed by atoms with Gasteiger partial charge in [-0.05, 0) is 73.5 Å². The van der Waals surface area contributed by atoms with Gasteiger partial charge in [0.2, 0.25) is 5.91 Å². The molecule has 0 aromatic heterocycles. The number of allylic oxidation sites excluding steroid dienone is 1. The van der Waals surface area contributed by atoms with Crippen LogP contribution < -0.4 is 27.0 Å². The number of likely N-dealkylation sites (N-methyl/N-ethyl adjacent to an activating group) is 2. The standard InChI is InChI=1S/C27H41FN6O/c1-18(26-24(9-10-29)34(4)25(33-26)13-19-7-5-6-8-19)27(35)32-15-20-11-21(14-23(28)12-20)22(16-30-2)17-31-3/h9-12,14,16,18-19,25,30-31,33H,5-8,13,15,17,29H2,1-4H3,(H,32,35)/b10-9-,22-16+. The van der Waals surface area contributed by atoms with E-state index in [4.69, 9.17) is 5.73 Å². The van der Waals surface area contributed by atoms with Crippen LogP contribution in [0, 0.1) is 17.7 Å². The van der Waals surface area contributed by atoms with E-state index in [2.05, 4.69) is 33.2 Å². The van der Waals surface area contributed by atoms with Crippen molar-refractivity contribution in [2.45, 2.75) is 51.7 Å². The van der Waals surface area contributed by atoms with Crippen LogP contribution in [-0.4, -0.2) is 44.7 Å². The SMILES string of the molecule is CN/C=C(\CNC)c1cc(F)cc(CNC(=O)C(C)C2=C(/C=C\N)N(C)C(CC3CCCC3)N2)c1. The second-order valence-electron chi connectivity index (χ2n) is 9.59. The maximum atomic E-state index is 14.4. The fourth-order valence-electron chi connectivity index (χ4n) is 5.14. The van der Waals surface area contributed by atoms with Crippen molar-refractivity contribution < 1.29 is 9.18 Å². The van der Waals surface area contributed by atoms with E-state index < -0.39 is 5.92 Å². The highest BCUT2D eigenvalue weighted by Crippen LogP contribution is 2.33. The van der Waals surface area contributed by atoms with E-state index in [0.717, 1.165) is 29.0 Å². The van der Waals surface area contributed by atoms with Gasteiger partial charge < -0.3 is 31.9 Å². The molecule has 0 saturated heterocycles.